The highest BCUT2D eigenvalue weighted by molar-refractivity contribution is 6.36. The summed E-state index contributed by atoms with van der Waals surface area (Å²) in [5, 5.41) is 8.21. The summed E-state index contributed by atoms with van der Waals surface area (Å²) in [7, 11) is 0. The highest BCUT2D eigenvalue weighted by Crippen LogP contribution is 2.32. The zero-order valence-corrected chi connectivity index (χ0v) is 19.4. The van der Waals surface area contributed by atoms with E-state index in [9.17, 15) is 4.79 Å². The first-order valence-corrected chi connectivity index (χ1v) is 11.2. The number of anilines is 1. The summed E-state index contributed by atoms with van der Waals surface area (Å²) in [4.78, 5) is 23.6. The molecule has 1 aliphatic heterocycles. The van der Waals surface area contributed by atoms with E-state index >= 15 is 0 Å². The lowest BCUT2D eigenvalue weighted by Gasteiger charge is -2.23. The van der Waals surface area contributed by atoms with Crippen LogP contribution in [0.2, 0.25) is 10.0 Å². The van der Waals surface area contributed by atoms with Crippen LogP contribution in [0.15, 0.2) is 18.2 Å². The van der Waals surface area contributed by atoms with Crippen LogP contribution in [0.1, 0.15) is 39.1 Å². The number of amides is 1. The van der Waals surface area contributed by atoms with Crippen molar-refractivity contribution >= 4 is 34.9 Å². The van der Waals surface area contributed by atoms with Gasteiger partial charge in [0.05, 0.1) is 28.1 Å². The number of likely N-dealkylation sites (tertiary alicyclic amines) is 1. The van der Waals surface area contributed by atoms with Gasteiger partial charge < -0.3 is 15.5 Å². The monoisotopic (exact) mass is 449 g/mol. The van der Waals surface area contributed by atoms with Gasteiger partial charge in [0.15, 0.2) is 0 Å². The molecule has 0 bridgehead atoms. The second kappa shape index (κ2) is 9.94. The van der Waals surface area contributed by atoms with Crippen molar-refractivity contribution in [1.29, 1.82) is 0 Å². The maximum atomic E-state index is 11.9. The molecular weight excluding hydrogens is 421 g/mol. The van der Waals surface area contributed by atoms with Crippen molar-refractivity contribution in [2.24, 2.45) is 0 Å². The Balaban J connectivity index is 1.96. The number of hydrogen-bond acceptors (Lipinski definition) is 5. The van der Waals surface area contributed by atoms with E-state index in [0.29, 0.717) is 23.1 Å². The normalized spacial score (nSPS) is 18.7. The number of carbonyl (C=O) groups is 1. The number of benzene rings is 1. The van der Waals surface area contributed by atoms with E-state index in [1.807, 2.05) is 17.0 Å². The molecule has 2 atom stereocenters. The SMILES string of the molecule is CCN[C@H]1CN(C(C)=O)C[C@H]1Nc1nc(CC)c(-c2ccc(Cl)cc2Cl)nc1CC. The highest BCUT2D eigenvalue weighted by atomic mass is 35.5. The number of aryl methyl sites for hydroxylation is 2. The standard InChI is InChI=1S/C22H29Cl2N5O/c1-5-17-21(15-9-8-14(23)10-16(15)24)26-18(6-2)22(27-17)28-20-12-29(13(4)30)11-19(20)25-7-3/h8-10,19-20,25H,5-7,11-12H2,1-4H3,(H,27,28)/t19-,20+/m0/s1. The second-order valence-electron chi connectivity index (χ2n) is 7.48. The molecular formula is C22H29Cl2N5O. The van der Waals surface area contributed by atoms with Gasteiger partial charge in [-0.15, -0.1) is 0 Å². The smallest absolute Gasteiger partial charge is 0.219 e. The first kappa shape index (κ1) is 22.8. The summed E-state index contributed by atoms with van der Waals surface area (Å²) in [5.41, 5.74) is 3.38. The molecule has 2 aromatic rings. The summed E-state index contributed by atoms with van der Waals surface area (Å²) >= 11 is 12.5. The third-order valence-electron chi connectivity index (χ3n) is 5.45. The zero-order chi connectivity index (χ0) is 21.8. The minimum Gasteiger partial charge on any atom is -0.362 e. The molecule has 1 amide bonds. The Kier molecular flexibility index (Phi) is 7.55. The largest absolute Gasteiger partial charge is 0.362 e. The Morgan fingerprint density at radius 3 is 2.40 bits per heavy atom. The predicted octanol–water partition coefficient (Wildman–Crippen LogP) is 4.20. The Labute approximate surface area is 188 Å². The molecule has 0 radical (unpaired) electrons. The fourth-order valence-electron chi connectivity index (χ4n) is 3.86. The number of nitrogens with one attached hydrogen (secondary N) is 2. The van der Waals surface area contributed by atoms with Gasteiger partial charge in [-0.05, 0) is 37.6 Å². The summed E-state index contributed by atoms with van der Waals surface area (Å²) in [6.45, 7) is 9.98. The topological polar surface area (TPSA) is 70.2 Å². The molecule has 1 aliphatic rings. The molecule has 1 aromatic heterocycles. The maximum absolute atomic E-state index is 11.9. The lowest BCUT2D eigenvalue weighted by molar-refractivity contribution is -0.127. The van der Waals surface area contributed by atoms with Crippen LogP contribution in [-0.4, -0.2) is 52.5 Å². The van der Waals surface area contributed by atoms with Crippen molar-refractivity contribution in [1.82, 2.24) is 20.2 Å². The van der Waals surface area contributed by atoms with Crippen LogP contribution in [0.3, 0.4) is 0 Å². The van der Waals surface area contributed by atoms with Gasteiger partial charge in [-0.1, -0.05) is 44.0 Å². The third-order valence-corrected chi connectivity index (χ3v) is 6.00. The van der Waals surface area contributed by atoms with E-state index in [4.69, 9.17) is 33.2 Å². The number of carbonyl (C=O) groups excluding carboxylic acids is 1. The van der Waals surface area contributed by atoms with Crippen molar-refractivity contribution in [3.8, 4) is 11.3 Å². The molecule has 2 heterocycles. The average Bonchev–Trinajstić information content (AvgIpc) is 3.11. The van der Waals surface area contributed by atoms with Crippen LogP contribution < -0.4 is 10.6 Å². The highest BCUT2D eigenvalue weighted by Gasteiger charge is 2.34. The Morgan fingerprint density at radius 2 is 1.80 bits per heavy atom. The average molecular weight is 450 g/mol. The first-order chi connectivity index (χ1) is 14.4. The van der Waals surface area contributed by atoms with Crippen molar-refractivity contribution in [2.45, 2.75) is 52.6 Å². The van der Waals surface area contributed by atoms with Crippen LogP contribution in [0, 0.1) is 0 Å². The first-order valence-electron chi connectivity index (χ1n) is 10.5. The molecule has 6 nitrogen and oxygen atoms in total. The van der Waals surface area contributed by atoms with E-state index in [-0.39, 0.29) is 18.0 Å². The summed E-state index contributed by atoms with van der Waals surface area (Å²) < 4.78 is 0. The Morgan fingerprint density at radius 1 is 1.10 bits per heavy atom. The number of likely N-dealkylation sites (N-methyl/N-ethyl adjacent to an activating group) is 1. The molecule has 30 heavy (non-hydrogen) atoms. The number of hydrogen-bond donors (Lipinski definition) is 2. The van der Waals surface area contributed by atoms with Gasteiger partial charge in [-0.25, -0.2) is 9.97 Å². The van der Waals surface area contributed by atoms with Crippen LogP contribution in [0.4, 0.5) is 5.82 Å². The molecule has 162 valence electrons. The van der Waals surface area contributed by atoms with Crippen LogP contribution in [-0.2, 0) is 17.6 Å². The van der Waals surface area contributed by atoms with Gasteiger partial charge in [0, 0.05) is 36.6 Å². The summed E-state index contributed by atoms with van der Waals surface area (Å²) in [5.74, 6) is 0.868. The molecule has 1 aromatic carbocycles. The van der Waals surface area contributed by atoms with Crippen LogP contribution >= 0.6 is 23.2 Å². The van der Waals surface area contributed by atoms with E-state index < -0.39 is 0 Å². The number of nitrogens with zero attached hydrogens (tertiary/aromatic N) is 3. The summed E-state index contributed by atoms with van der Waals surface area (Å²) in [6, 6.07) is 5.68. The van der Waals surface area contributed by atoms with Gasteiger partial charge in [0.2, 0.25) is 5.91 Å². The minimum absolute atomic E-state index is 0.0723. The van der Waals surface area contributed by atoms with Crippen molar-refractivity contribution < 1.29 is 4.79 Å². The summed E-state index contributed by atoms with van der Waals surface area (Å²) in [6.07, 6.45) is 1.45. The van der Waals surface area contributed by atoms with E-state index in [1.165, 1.54) is 0 Å². The number of aromatic nitrogens is 2. The Bertz CT molecular complexity index is 921. The van der Waals surface area contributed by atoms with Gasteiger partial charge in [0.25, 0.3) is 0 Å². The van der Waals surface area contributed by atoms with Crippen molar-refractivity contribution in [3.05, 3.63) is 39.6 Å². The van der Waals surface area contributed by atoms with Gasteiger partial charge >= 0.3 is 0 Å². The Hall–Kier alpha value is -1.89. The van der Waals surface area contributed by atoms with Gasteiger partial charge in [0.1, 0.15) is 5.82 Å². The van der Waals surface area contributed by atoms with Crippen molar-refractivity contribution in [2.75, 3.05) is 25.0 Å². The van der Waals surface area contributed by atoms with E-state index in [0.717, 1.165) is 47.8 Å². The molecule has 1 saturated heterocycles. The van der Waals surface area contributed by atoms with Crippen molar-refractivity contribution in [3.63, 3.8) is 0 Å². The zero-order valence-electron chi connectivity index (χ0n) is 17.9. The molecule has 0 saturated carbocycles. The molecule has 8 heteroatoms. The lowest BCUT2D eigenvalue weighted by Crippen LogP contribution is -2.43. The lowest BCUT2D eigenvalue weighted by atomic mass is 10.1. The fraction of sp³-hybridized carbons (Fsp3) is 0.500. The predicted molar refractivity (Wildman–Crippen MR) is 123 cm³/mol. The minimum atomic E-state index is 0.0723. The molecule has 0 aliphatic carbocycles. The molecule has 3 rings (SSSR count). The second-order valence-corrected chi connectivity index (χ2v) is 8.33. The molecule has 0 unspecified atom stereocenters. The third kappa shape index (κ3) is 4.88. The van der Waals surface area contributed by atoms with Gasteiger partial charge in [-0.3, -0.25) is 4.79 Å². The van der Waals surface area contributed by atoms with E-state index in [2.05, 4.69) is 31.4 Å². The molecule has 2 N–H and O–H groups in total. The number of halogens is 2. The van der Waals surface area contributed by atoms with Crippen LogP contribution in [0.25, 0.3) is 11.3 Å². The fourth-order valence-corrected chi connectivity index (χ4v) is 4.36. The van der Waals surface area contributed by atoms with Crippen LogP contribution in [0.5, 0.6) is 0 Å². The van der Waals surface area contributed by atoms with Gasteiger partial charge in [-0.2, -0.15) is 0 Å². The molecule has 1 fully saturated rings. The quantitative estimate of drug-likeness (QED) is 0.662. The van der Waals surface area contributed by atoms with E-state index in [1.54, 1.807) is 13.0 Å². The number of rotatable bonds is 7. The maximum Gasteiger partial charge on any atom is 0.219 e. The molecule has 0 spiro atoms.